The number of amides is 1. The number of phenols is 1. The Morgan fingerprint density at radius 2 is 2.08 bits per heavy atom. The van der Waals surface area contributed by atoms with E-state index in [1.807, 2.05) is 0 Å². The van der Waals surface area contributed by atoms with Crippen LogP contribution in [0.3, 0.4) is 0 Å². The van der Waals surface area contributed by atoms with E-state index in [-0.39, 0.29) is 11.5 Å². The van der Waals surface area contributed by atoms with Crippen molar-refractivity contribution in [2.75, 3.05) is 24.1 Å². The molecular formula is C15H13FN2O6S. The summed E-state index contributed by atoms with van der Waals surface area (Å²) in [7, 11) is -4.24. The molecule has 0 saturated carbocycles. The van der Waals surface area contributed by atoms with Crippen molar-refractivity contribution in [3.8, 4) is 11.5 Å². The van der Waals surface area contributed by atoms with Crippen LogP contribution >= 0.6 is 0 Å². The normalized spacial score (nSPS) is 19.7. The average molecular weight is 368 g/mol. The van der Waals surface area contributed by atoms with Crippen LogP contribution in [0.15, 0.2) is 24.3 Å². The van der Waals surface area contributed by atoms with Crippen molar-refractivity contribution in [2.45, 2.75) is 6.10 Å². The van der Waals surface area contributed by atoms with Gasteiger partial charge in [-0.25, -0.2) is 13.4 Å². The van der Waals surface area contributed by atoms with Crippen molar-refractivity contribution < 1.29 is 32.2 Å². The number of carbonyl (C=O) groups excluding carboxylic acids is 1. The Morgan fingerprint density at radius 3 is 2.68 bits per heavy atom. The van der Waals surface area contributed by atoms with Gasteiger partial charge in [0.05, 0.1) is 13.2 Å². The summed E-state index contributed by atoms with van der Waals surface area (Å²) >= 11 is 0. The van der Waals surface area contributed by atoms with Gasteiger partial charge < -0.3 is 14.6 Å². The Morgan fingerprint density at radius 1 is 1.32 bits per heavy atom. The summed E-state index contributed by atoms with van der Waals surface area (Å²) in [6.45, 7) is 0.288. The molecule has 2 heterocycles. The minimum absolute atomic E-state index is 0.0695. The maximum absolute atomic E-state index is 15.0. The number of anilines is 1. The minimum atomic E-state index is -4.24. The van der Waals surface area contributed by atoms with E-state index in [2.05, 4.69) is 0 Å². The molecule has 4 rings (SSSR count). The SMILES string of the molecule is O=C1CN(c2c(O)cc3ccc(OC4COC4)cc3c2F)S(=O)(=O)N1. The van der Waals surface area contributed by atoms with Crippen LogP contribution in [0.5, 0.6) is 11.5 Å². The number of nitrogens with one attached hydrogen (secondary N) is 1. The monoisotopic (exact) mass is 368 g/mol. The predicted octanol–water partition coefficient (Wildman–Crippen LogP) is 0.643. The van der Waals surface area contributed by atoms with E-state index in [1.165, 1.54) is 12.1 Å². The van der Waals surface area contributed by atoms with E-state index < -0.39 is 39.9 Å². The third kappa shape index (κ3) is 2.63. The number of hydrogen-bond donors (Lipinski definition) is 2. The zero-order valence-corrected chi connectivity index (χ0v) is 13.5. The van der Waals surface area contributed by atoms with Gasteiger partial charge in [0.25, 0.3) is 5.91 Å². The molecule has 0 atom stereocenters. The molecule has 8 nitrogen and oxygen atoms in total. The van der Waals surface area contributed by atoms with Crippen LogP contribution in [0, 0.1) is 5.82 Å². The zero-order valence-electron chi connectivity index (χ0n) is 12.7. The van der Waals surface area contributed by atoms with Gasteiger partial charge in [-0.1, -0.05) is 6.07 Å². The van der Waals surface area contributed by atoms with Gasteiger partial charge in [0.1, 0.15) is 29.8 Å². The molecule has 25 heavy (non-hydrogen) atoms. The molecule has 0 spiro atoms. The fraction of sp³-hybridized carbons (Fsp3) is 0.267. The lowest BCUT2D eigenvalue weighted by Gasteiger charge is -2.27. The van der Waals surface area contributed by atoms with Crippen molar-refractivity contribution in [3.63, 3.8) is 0 Å². The summed E-state index contributed by atoms with van der Waals surface area (Å²) in [5.41, 5.74) is -0.574. The quantitative estimate of drug-likeness (QED) is 0.824. The van der Waals surface area contributed by atoms with Gasteiger partial charge in [0, 0.05) is 5.39 Å². The van der Waals surface area contributed by atoms with Crippen LogP contribution in [0.2, 0.25) is 0 Å². The highest BCUT2D eigenvalue weighted by Crippen LogP contribution is 2.39. The van der Waals surface area contributed by atoms with Gasteiger partial charge in [-0.15, -0.1) is 0 Å². The second kappa shape index (κ2) is 5.46. The molecular weight excluding hydrogens is 355 g/mol. The third-order valence-corrected chi connectivity index (χ3v) is 5.36. The molecule has 132 valence electrons. The molecule has 2 fully saturated rings. The number of rotatable bonds is 3. The first kappa shape index (κ1) is 15.9. The number of aromatic hydroxyl groups is 1. The lowest BCUT2D eigenvalue weighted by atomic mass is 10.1. The Hall–Kier alpha value is -2.59. The Kier molecular flexibility index (Phi) is 3.48. The topological polar surface area (TPSA) is 105 Å². The Balaban J connectivity index is 1.82. The molecule has 0 unspecified atom stereocenters. The van der Waals surface area contributed by atoms with Gasteiger partial charge in [-0.2, -0.15) is 8.42 Å². The fourth-order valence-electron chi connectivity index (χ4n) is 2.74. The largest absolute Gasteiger partial charge is 0.506 e. The van der Waals surface area contributed by atoms with Crippen molar-refractivity contribution in [3.05, 3.63) is 30.1 Å². The van der Waals surface area contributed by atoms with Gasteiger partial charge in [-0.3, -0.25) is 4.79 Å². The number of phenolic OH excluding ortho intramolecular Hbond substituents is 1. The summed E-state index contributed by atoms with van der Waals surface area (Å²) in [5, 5.41) is 10.5. The first-order chi connectivity index (χ1) is 11.8. The third-order valence-electron chi connectivity index (χ3n) is 3.98. The summed E-state index contributed by atoms with van der Waals surface area (Å²) in [6, 6.07) is 5.84. The van der Waals surface area contributed by atoms with Crippen LogP contribution < -0.4 is 13.8 Å². The van der Waals surface area contributed by atoms with Crippen molar-refractivity contribution in [2.24, 2.45) is 0 Å². The molecule has 2 saturated heterocycles. The van der Waals surface area contributed by atoms with E-state index in [0.29, 0.717) is 28.7 Å². The lowest BCUT2D eigenvalue weighted by molar-refractivity contribution is -0.117. The van der Waals surface area contributed by atoms with E-state index in [1.54, 1.807) is 16.9 Å². The molecule has 0 aliphatic carbocycles. The average Bonchev–Trinajstić information content (AvgIpc) is 2.76. The highest BCUT2D eigenvalue weighted by molar-refractivity contribution is 7.92. The van der Waals surface area contributed by atoms with E-state index in [0.717, 1.165) is 0 Å². The molecule has 0 bridgehead atoms. The zero-order chi connectivity index (χ0) is 17.8. The minimum Gasteiger partial charge on any atom is -0.506 e. The van der Waals surface area contributed by atoms with Gasteiger partial charge in [-0.05, 0) is 23.6 Å². The molecule has 2 aliphatic rings. The summed E-state index contributed by atoms with van der Waals surface area (Å²) < 4.78 is 51.7. The molecule has 0 radical (unpaired) electrons. The first-order valence-electron chi connectivity index (χ1n) is 7.38. The maximum atomic E-state index is 15.0. The Labute approximate surface area is 141 Å². The molecule has 2 aromatic carbocycles. The lowest BCUT2D eigenvalue weighted by Crippen LogP contribution is -2.38. The van der Waals surface area contributed by atoms with Gasteiger partial charge in [0.15, 0.2) is 5.82 Å². The second-order valence-corrected chi connectivity index (χ2v) is 7.35. The molecule has 2 N–H and O–H groups in total. The standard InChI is InChI=1S/C15H13FN2O6S/c16-14-11-4-9(24-10-6-23-7-10)2-1-8(11)3-12(19)15(14)18-5-13(20)17-25(18,21)22/h1-4,10,19H,5-7H2,(H,17,20). The highest BCUT2D eigenvalue weighted by atomic mass is 32.2. The summed E-state index contributed by atoms with van der Waals surface area (Å²) in [6.07, 6.45) is -0.113. The van der Waals surface area contributed by atoms with E-state index in [9.17, 15) is 22.7 Å². The van der Waals surface area contributed by atoms with Crippen molar-refractivity contribution in [1.29, 1.82) is 0 Å². The molecule has 0 aromatic heterocycles. The summed E-state index contributed by atoms with van der Waals surface area (Å²) in [4.78, 5) is 11.4. The van der Waals surface area contributed by atoms with Crippen molar-refractivity contribution in [1.82, 2.24) is 4.72 Å². The number of ether oxygens (including phenoxy) is 2. The van der Waals surface area contributed by atoms with Crippen LogP contribution in [0.4, 0.5) is 10.1 Å². The maximum Gasteiger partial charge on any atom is 0.326 e. The highest BCUT2D eigenvalue weighted by Gasteiger charge is 2.37. The van der Waals surface area contributed by atoms with Crippen LogP contribution in [-0.4, -0.2) is 45.3 Å². The Bertz CT molecular complexity index is 989. The van der Waals surface area contributed by atoms with Crippen LogP contribution in [-0.2, 0) is 19.7 Å². The number of hydrogen-bond acceptors (Lipinski definition) is 6. The number of halogens is 1. The molecule has 1 amide bonds. The number of nitrogens with zero attached hydrogens (tertiary/aromatic N) is 1. The summed E-state index contributed by atoms with van der Waals surface area (Å²) in [5.74, 6) is -1.94. The van der Waals surface area contributed by atoms with E-state index >= 15 is 0 Å². The van der Waals surface area contributed by atoms with Crippen LogP contribution in [0.25, 0.3) is 10.8 Å². The fourth-order valence-corrected chi connectivity index (χ4v) is 3.90. The van der Waals surface area contributed by atoms with Gasteiger partial charge in [0.2, 0.25) is 0 Å². The van der Waals surface area contributed by atoms with Gasteiger partial charge >= 0.3 is 10.2 Å². The number of carbonyl (C=O) groups is 1. The van der Waals surface area contributed by atoms with Crippen molar-refractivity contribution >= 4 is 32.6 Å². The first-order valence-corrected chi connectivity index (χ1v) is 8.82. The molecule has 2 aromatic rings. The number of benzene rings is 2. The smallest absolute Gasteiger partial charge is 0.326 e. The van der Waals surface area contributed by atoms with E-state index in [4.69, 9.17) is 9.47 Å². The molecule has 2 aliphatic heterocycles. The van der Waals surface area contributed by atoms with Crippen LogP contribution in [0.1, 0.15) is 0 Å². The molecule has 10 heteroatoms. The number of fused-ring (bicyclic) bond motifs is 1. The second-order valence-electron chi connectivity index (χ2n) is 5.76. The predicted molar refractivity (Wildman–Crippen MR) is 85.2 cm³/mol.